The molecule has 4 rings (SSSR count). The maximum atomic E-state index is 11.1. The van der Waals surface area contributed by atoms with Crippen molar-refractivity contribution < 1.29 is 14.7 Å². The Morgan fingerprint density at radius 3 is 2.43 bits per heavy atom. The summed E-state index contributed by atoms with van der Waals surface area (Å²) in [5.41, 5.74) is 6.01. The van der Waals surface area contributed by atoms with Crippen LogP contribution in [0.2, 0.25) is 0 Å². The van der Waals surface area contributed by atoms with Crippen molar-refractivity contribution in [2.45, 2.75) is 18.9 Å². The van der Waals surface area contributed by atoms with E-state index in [1.165, 1.54) is 0 Å². The van der Waals surface area contributed by atoms with Gasteiger partial charge in [-0.25, -0.2) is 0 Å². The van der Waals surface area contributed by atoms with Crippen molar-refractivity contribution in [1.29, 1.82) is 0 Å². The molecule has 0 bridgehead atoms. The van der Waals surface area contributed by atoms with Crippen molar-refractivity contribution in [3.63, 3.8) is 0 Å². The average molecular weight is 400 g/mol. The number of rotatable bonds is 8. The van der Waals surface area contributed by atoms with Crippen LogP contribution >= 0.6 is 0 Å². The number of nitrogens with zero attached hydrogens (tertiary/aromatic N) is 1. The van der Waals surface area contributed by atoms with Crippen LogP contribution in [0.5, 0.6) is 0 Å². The largest absolute Gasteiger partial charge is 0.481 e. The number of benzene rings is 3. The second kappa shape index (κ2) is 8.82. The highest BCUT2D eigenvalue weighted by Crippen LogP contribution is 2.47. The van der Waals surface area contributed by atoms with E-state index in [2.05, 4.69) is 22.6 Å². The summed E-state index contributed by atoms with van der Waals surface area (Å²) in [6.07, 6.45) is 0.738. The van der Waals surface area contributed by atoms with E-state index < -0.39 is 5.97 Å². The molecule has 0 spiro atoms. The molecule has 5 nitrogen and oxygen atoms in total. The van der Waals surface area contributed by atoms with Gasteiger partial charge in [0.2, 0.25) is 0 Å². The number of anilines is 1. The van der Waals surface area contributed by atoms with Crippen molar-refractivity contribution in [3.8, 4) is 0 Å². The molecule has 0 radical (unpaired) electrons. The quantitative estimate of drug-likeness (QED) is 0.417. The molecule has 3 aromatic rings. The molecule has 2 unspecified atom stereocenters. The lowest BCUT2D eigenvalue weighted by Crippen LogP contribution is -2.06. The highest BCUT2D eigenvalue weighted by Gasteiger charge is 2.43. The predicted octanol–water partition coefficient (Wildman–Crippen LogP) is 4.89. The molecule has 0 aliphatic heterocycles. The van der Waals surface area contributed by atoms with Gasteiger partial charge in [0.15, 0.2) is 0 Å². The summed E-state index contributed by atoms with van der Waals surface area (Å²) in [4.78, 5) is 16.1. The summed E-state index contributed by atoms with van der Waals surface area (Å²) in [5, 5.41) is 16.8. The minimum absolute atomic E-state index is 0.157. The van der Waals surface area contributed by atoms with Crippen LogP contribution in [0.4, 0.5) is 5.69 Å². The van der Waals surface area contributed by atoms with Gasteiger partial charge in [0, 0.05) is 23.4 Å². The minimum Gasteiger partial charge on any atom is -0.481 e. The van der Waals surface area contributed by atoms with Crippen LogP contribution in [-0.2, 0) is 16.2 Å². The zero-order valence-electron chi connectivity index (χ0n) is 16.8. The van der Waals surface area contributed by atoms with Crippen LogP contribution in [0.3, 0.4) is 0 Å². The molecular formula is C25H24N2O3. The van der Waals surface area contributed by atoms with E-state index in [0.717, 1.165) is 40.1 Å². The molecule has 2 atom stereocenters. The first-order valence-corrected chi connectivity index (χ1v) is 9.98. The standard InChI is InChI=1S/C25H24N2O3/c1-30-27-24(19-7-3-2-4-8-19)20-9-5-6-17(14-20)16-26-21-12-10-18(11-13-21)22-15-23(22)25(28)29/h2-14,22-23,26H,15-16H2,1H3,(H,28,29)/b27-24-. The average Bonchev–Trinajstić information content (AvgIpc) is 3.59. The Hall–Kier alpha value is -3.60. The normalized spacial score (nSPS) is 18.0. The number of carboxylic acids is 1. The Balaban J connectivity index is 1.43. The van der Waals surface area contributed by atoms with Gasteiger partial charge >= 0.3 is 5.97 Å². The van der Waals surface area contributed by atoms with Crippen LogP contribution < -0.4 is 5.32 Å². The number of carbonyl (C=O) groups is 1. The molecule has 1 aliphatic rings. The number of aliphatic carboxylic acids is 1. The minimum atomic E-state index is -0.700. The Labute approximate surface area is 176 Å². The maximum Gasteiger partial charge on any atom is 0.307 e. The van der Waals surface area contributed by atoms with Gasteiger partial charge in [-0.3, -0.25) is 4.79 Å². The highest BCUT2D eigenvalue weighted by molar-refractivity contribution is 6.12. The summed E-state index contributed by atoms with van der Waals surface area (Å²) in [6, 6.07) is 26.2. The molecule has 152 valence electrons. The molecule has 1 fully saturated rings. The van der Waals surface area contributed by atoms with Crippen LogP contribution in [0, 0.1) is 5.92 Å². The number of hydrogen-bond donors (Lipinski definition) is 2. The number of hydrogen-bond acceptors (Lipinski definition) is 4. The molecular weight excluding hydrogens is 376 g/mol. The predicted molar refractivity (Wildman–Crippen MR) is 118 cm³/mol. The fraction of sp³-hybridized carbons (Fsp3) is 0.200. The molecule has 5 heteroatoms. The van der Waals surface area contributed by atoms with Crippen LogP contribution in [0.15, 0.2) is 84.0 Å². The summed E-state index contributed by atoms with van der Waals surface area (Å²) >= 11 is 0. The Kier molecular flexibility index (Phi) is 5.80. The van der Waals surface area contributed by atoms with Crippen LogP contribution in [-0.4, -0.2) is 23.9 Å². The van der Waals surface area contributed by atoms with Crippen LogP contribution in [0.25, 0.3) is 0 Å². The summed E-state index contributed by atoms with van der Waals surface area (Å²) in [6.45, 7) is 0.670. The topological polar surface area (TPSA) is 70.9 Å². The highest BCUT2D eigenvalue weighted by atomic mass is 16.6. The van der Waals surface area contributed by atoms with E-state index in [-0.39, 0.29) is 11.8 Å². The van der Waals surface area contributed by atoms with E-state index >= 15 is 0 Å². The summed E-state index contributed by atoms with van der Waals surface area (Å²) < 4.78 is 0. The first-order valence-electron chi connectivity index (χ1n) is 9.98. The second-order valence-electron chi connectivity index (χ2n) is 7.45. The van der Waals surface area contributed by atoms with Gasteiger partial charge in [-0.2, -0.15) is 0 Å². The van der Waals surface area contributed by atoms with Crippen molar-refractivity contribution in [3.05, 3.63) is 101 Å². The van der Waals surface area contributed by atoms with Crippen molar-refractivity contribution in [2.24, 2.45) is 11.1 Å². The second-order valence-corrected chi connectivity index (χ2v) is 7.45. The van der Waals surface area contributed by atoms with Crippen molar-refractivity contribution >= 4 is 17.4 Å². The lowest BCUT2D eigenvalue weighted by Gasteiger charge is -2.11. The van der Waals surface area contributed by atoms with E-state index in [1.54, 1.807) is 7.11 Å². The third-order valence-electron chi connectivity index (χ3n) is 5.37. The van der Waals surface area contributed by atoms with E-state index in [4.69, 9.17) is 9.94 Å². The Morgan fingerprint density at radius 1 is 1.03 bits per heavy atom. The van der Waals surface area contributed by atoms with Gasteiger partial charge < -0.3 is 15.3 Å². The van der Waals surface area contributed by atoms with Crippen molar-refractivity contribution in [2.75, 3.05) is 12.4 Å². The molecule has 0 saturated heterocycles. The lowest BCUT2D eigenvalue weighted by atomic mass is 10.0. The third-order valence-corrected chi connectivity index (χ3v) is 5.37. The molecule has 3 aromatic carbocycles. The molecule has 1 saturated carbocycles. The zero-order valence-corrected chi connectivity index (χ0v) is 16.8. The number of carboxylic acid groups (broad SMARTS) is 1. The fourth-order valence-electron chi connectivity index (χ4n) is 3.68. The molecule has 0 amide bonds. The van der Waals surface area contributed by atoms with Gasteiger partial charge in [0.25, 0.3) is 0 Å². The van der Waals surface area contributed by atoms with E-state index in [9.17, 15) is 4.79 Å². The Morgan fingerprint density at radius 2 is 1.77 bits per heavy atom. The van der Waals surface area contributed by atoms with Gasteiger partial charge in [-0.15, -0.1) is 0 Å². The van der Waals surface area contributed by atoms with E-state index in [0.29, 0.717) is 6.54 Å². The Bertz CT molecular complexity index is 1050. The molecule has 0 heterocycles. The SMILES string of the molecule is CO/N=C(/c1ccccc1)c1cccc(CNc2ccc(C3CC3C(=O)O)cc2)c1. The van der Waals surface area contributed by atoms with Crippen LogP contribution in [0.1, 0.15) is 34.6 Å². The number of oxime groups is 1. The van der Waals surface area contributed by atoms with E-state index in [1.807, 2.05) is 66.7 Å². The summed E-state index contributed by atoms with van der Waals surface area (Å²) in [7, 11) is 1.55. The lowest BCUT2D eigenvalue weighted by molar-refractivity contribution is -0.138. The zero-order chi connectivity index (χ0) is 20.9. The third kappa shape index (κ3) is 4.51. The van der Waals surface area contributed by atoms with Gasteiger partial charge in [0.1, 0.15) is 12.8 Å². The maximum absolute atomic E-state index is 11.1. The first-order chi connectivity index (χ1) is 14.7. The van der Waals surface area contributed by atoms with Crippen molar-refractivity contribution in [1.82, 2.24) is 0 Å². The summed E-state index contributed by atoms with van der Waals surface area (Å²) in [5.74, 6) is -0.766. The number of nitrogens with one attached hydrogen (secondary N) is 1. The monoisotopic (exact) mass is 400 g/mol. The van der Waals surface area contributed by atoms with Gasteiger partial charge in [-0.1, -0.05) is 65.8 Å². The molecule has 0 aromatic heterocycles. The molecule has 2 N–H and O–H groups in total. The first kappa shape index (κ1) is 19.7. The molecule has 30 heavy (non-hydrogen) atoms. The molecule has 1 aliphatic carbocycles. The van der Waals surface area contributed by atoms with Gasteiger partial charge in [0.05, 0.1) is 5.92 Å². The smallest absolute Gasteiger partial charge is 0.307 e. The van der Waals surface area contributed by atoms with Gasteiger partial charge in [-0.05, 0) is 41.7 Å². The fourth-order valence-corrected chi connectivity index (χ4v) is 3.68.